The normalized spacial score (nSPS) is 10.2. The predicted molar refractivity (Wildman–Crippen MR) is 99.0 cm³/mol. The highest BCUT2D eigenvalue weighted by molar-refractivity contribution is 9.10. The molecule has 0 bridgehead atoms. The van der Waals surface area contributed by atoms with Gasteiger partial charge < -0.3 is 16.0 Å². The molecule has 0 aliphatic heterocycles. The molecule has 3 amide bonds. The molecule has 0 fully saturated rings. The lowest BCUT2D eigenvalue weighted by atomic mass is 10.1. The first-order valence-corrected chi connectivity index (χ1v) is 8.55. The number of benzene rings is 2. The average molecular weight is 408 g/mol. The largest absolute Gasteiger partial charge is 0.338 e. The van der Waals surface area contributed by atoms with E-state index in [9.17, 15) is 14.0 Å². The van der Waals surface area contributed by atoms with Gasteiger partial charge in [0.05, 0.1) is 6.54 Å². The minimum Gasteiger partial charge on any atom is -0.338 e. The van der Waals surface area contributed by atoms with Gasteiger partial charge in [0, 0.05) is 16.7 Å². The van der Waals surface area contributed by atoms with Gasteiger partial charge in [-0.2, -0.15) is 0 Å². The lowest BCUT2D eigenvalue weighted by molar-refractivity contribution is -0.115. The van der Waals surface area contributed by atoms with E-state index in [1.54, 1.807) is 18.2 Å². The van der Waals surface area contributed by atoms with Crippen LogP contribution in [0.25, 0.3) is 0 Å². The van der Waals surface area contributed by atoms with Crippen molar-refractivity contribution < 1.29 is 14.0 Å². The van der Waals surface area contributed by atoms with Gasteiger partial charge in [-0.25, -0.2) is 9.18 Å². The monoisotopic (exact) mass is 407 g/mol. The summed E-state index contributed by atoms with van der Waals surface area (Å²) in [5.74, 6) is -0.618. The molecular formula is C18H19BrFN3O2. The van der Waals surface area contributed by atoms with Gasteiger partial charge in [0.1, 0.15) is 5.82 Å². The maximum absolute atomic E-state index is 13.0. The smallest absolute Gasteiger partial charge is 0.315 e. The predicted octanol–water partition coefficient (Wildman–Crippen LogP) is 3.38. The highest BCUT2D eigenvalue weighted by atomic mass is 79.9. The summed E-state index contributed by atoms with van der Waals surface area (Å²) >= 11 is 3.36. The Morgan fingerprint density at radius 1 is 1.12 bits per heavy atom. The van der Waals surface area contributed by atoms with E-state index >= 15 is 0 Å². The summed E-state index contributed by atoms with van der Waals surface area (Å²) in [6.45, 7) is 2.09. The van der Waals surface area contributed by atoms with E-state index in [-0.39, 0.29) is 18.3 Å². The van der Waals surface area contributed by atoms with Crippen LogP contribution in [0.3, 0.4) is 0 Å². The zero-order valence-corrected chi connectivity index (χ0v) is 15.3. The topological polar surface area (TPSA) is 70.2 Å². The molecule has 3 N–H and O–H groups in total. The number of amides is 3. The lowest BCUT2D eigenvalue weighted by Crippen LogP contribution is -2.40. The maximum Gasteiger partial charge on any atom is 0.315 e. The number of carbonyl (C=O) groups is 2. The van der Waals surface area contributed by atoms with Crippen molar-refractivity contribution in [3.8, 4) is 0 Å². The summed E-state index contributed by atoms with van der Waals surface area (Å²) in [6.07, 6.45) is 0.509. The standard InChI is InChI=1S/C18H19BrFN3O2/c1-12-9-14(19)5-6-16(12)23-17(24)11-22-18(25)21-8-7-13-3-2-4-15(20)10-13/h2-6,9-10H,7-8,11H2,1H3,(H,23,24)(H2,21,22,25). The fourth-order valence-electron chi connectivity index (χ4n) is 2.20. The van der Waals surface area contributed by atoms with Gasteiger partial charge in [-0.3, -0.25) is 4.79 Å². The van der Waals surface area contributed by atoms with Crippen molar-refractivity contribution in [3.63, 3.8) is 0 Å². The van der Waals surface area contributed by atoms with E-state index in [0.29, 0.717) is 18.7 Å². The summed E-state index contributed by atoms with van der Waals surface area (Å²) in [6, 6.07) is 11.3. The Labute approximate surface area is 154 Å². The molecule has 0 aromatic heterocycles. The van der Waals surface area contributed by atoms with Crippen LogP contribution in [0, 0.1) is 12.7 Å². The first kappa shape index (κ1) is 18.9. The minimum absolute atomic E-state index is 0.138. The lowest BCUT2D eigenvalue weighted by Gasteiger charge is -2.10. The molecule has 0 saturated carbocycles. The van der Waals surface area contributed by atoms with Crippen LogP contribution in [-0.4, -0.2) is 25.0 Å². The average Bonchev–Trinajstić information content (AvgIpc) is 2.56. The Bertz CT molecular complexity index is 768. The molecule has 0 aliphatic carbocycles. The first-order valence-electron chi connectivity index (χ1n) is 7.76. The van der Waals surface area contributed by atoms with E-state index in [1.807, 2.05) is 19.1 Å². The van der Waals surface area contributed by atoms with Gasteiger partial charge in [0.2, 0.25) is 5.91 Å². The highest BCUT2D eigenvalue weighted by Gasteiger charge is 2.07. The molecule has 0 radical (unpaired) electrons. The number of halogens is 2. The van der Waals surface area contributed by atoms with Crippen LogP contribution in [0.2, 0.25) is 0 Å². The molecule has 5 nitrogen and oxygen atoms in total. The van der Waals surface area contributed by atoms with Crippen molar-refractivity contribution in [3.05, 3.63) is 63.9 Å². The van der Waals surface area contributed by atoms with Crippen LogP contribution >= 0.6 is 15.9 Å². The Balaban J connectivity index is 1.69. The third-order valence-electron chi connectivity index (χ3n) is 3.46. The minimum atomic E-state index is -0.445. The second kappa shape index (κ2) is 9.17. The van der Waals surface area contributed by atoms with E-state index in [4.69, 9.17) is 0 Å². The first-order chi connectivity index (χ1) is 11.9. The molecule has 0 atom stereocenters. The number of urea groups is 1. The third kappa shape index (κ3) is 6.54. The number of rotatable bonds is 6. The molecule has 0 spiro atoms. The molecule has 7 heteroatoms. The van der Waals surface area contributed by atoms with E-state index in [0.717, 1.165) is 15.6 Å². The second-order valence-corrected chi connectivity index (χ2v) is 6.41. The molecule has 132 valence electrons. The van der Waals surface area contributed by atoms with Gasteiger partial charge >= 0.3 is 6.03 Å². The third-order valence-corrected chi connectivity index (χ3v) is 3.95. The van der Waals surface area contributed by atoms with Gasteiger partial charge in [0.25, 0.3) is 0 Å². The van der Waals surface area contributed by atoms with Crippen molar-refractivity contribution in [2.45, 2.75) is 13.3 Å². The zero-order chi connectivity index (χ0) is 18.2. The van der Waals surface area contributed by atoms with Crippen LogP contribution < -0.4 is 16.0 Å². The van der Waals surface area contributed by atoms with Gasteiger partial charge in [0.15, 0.2) is 0 Å². The second-order valence-electron chi connectivity index (χ2n) is 5.50. The Morgan fingerprint density at radius 2 is 1.92 bits per heavy atom. The van der Waals surface area contributed by atoms with Crippen LogP contribution in [0.15, 0.2) is 46.9 Å². The number of carbonyl (C=O) groups excluding carboxylic acids is 2. The molecule has 0 unspecified atom stereocenters. The van der Waals surface area contributed by atoms with Gasteiger partial charge in [-0.15, -0.1) is 0 Å². The molecule has 2 aromatic carbocycles. The van der Waals surface area contributed by atoms with Gasteiger partial charge in [-0.05, 0) is 54.8 Å². The summed E-state index contributed by atoms with van der Waals surface area (Å²) in [5.41, 5.74) is 2.41. The summed E-state index contributed by atoms with van der Waals surface area (Å²) in [7, 11) is 0. The quantitative estimate of drug-likeness (QED) is 0.686. The number of nitrogens with one attached hydrogen (secondary N) is 3. The maximum atomic E-state index is 13.0. The Kier molecular flexibility index (Phi) is 6.94. The molecule has 25 heavy (non-hydrogen) atoms. The summed E-state index contributed by atoms with van der Waals surface area (Å²) in [5, 5.41) is 7.85. The zero-order valence-electron chi connectivity index (χ0n) is 13.7. The number of aryl methyl sites for hydroxylation is 1. The fraction of sp³-hybridized carbons (Fsp3) is 0.222. The molecule has 0 saturated heterocycles. The SMILES string of the molecule is Cc1cc(Br)ccc1NC(=O)CNC(=O)NCCc1cccc(F)c1. The van der Waals surface area contributed by atoms with Crippen LogP contribution in [-0.2, 0) is 11.2 Å². The number of hydrogen-bond acceptors (Lipinski definition) is 2. The summed E-state index contributed by atoms with van der Waals surface area (Å²) < 4.78 is 14.0. The van der Waals surface area contributed by atoms with Crippen molar-refractivity contribution in [2.75, 3.05) is 18.4 Å². The Morgan fingerprint density at radius 3 is 2.64 bits per heavy atom. The van der Waals surface area contributed by atoms with Crippen molar-refractivity contribution in [2.24, 2.45) is 0 Å². The van der Waals surface area contributed by atoms with Gasteiger partial charge in [-0.1, -0.05) is 28.1 Å². The van der Waals surface area contributed by atoms with Crippen LogP contribution in [0.4, 0.5) is 14.9 Å². The van der Waals surface area contributed by atoms with E-state index in [2.05, 4.69) is 31.9 Å². The molecule has 2 rings (SSSR count). The Hall–Kier alpha value is -2.41. The van der Waals surface area contributed by atoms with Crippen molar-refractivity contribution in [1.29, 1.82) is 0 Å². The summed E-state index contributed by atoms with van der Waals surface area (Å²) in [4.78, 5) is 23.6. The molecular weight excluding hydrogens is 389 g/mol. The van der Waals surface area contributed by atoms with E-state index in [1.165, 1.54) is 12.1 Å². The number of hydrogen-bond donors (Lipinski definition) is 3. The van der Waals surface area contributed by atoms with E-state index < -0.39 is 6.03 Å². The van der Waals surface area contributed by atoms with Crippen LogP contribution in [0.1, 0.15) is 11.1 Å². The molecule has 2 aromatic rings. The molecule has 0 heterocycles. The van der Waals surface area contributed by atoms with Crippen LogP contribution in [0.5, 0.6) is 0 Å². The number of anilines is 1. The molecule has 0 aliphatic rings. The van der Waals surface area contributed by atoms with Crippen molar-refractivity contribution in [1.82, 2.24) is 10.6 Å². The fourth-order valence-corrected chi connectivity index (χ4v) is 2.67. The highest BCUT2D eigenvalue weighted by Crippen LogP contribution is 2.19. The van der Waals surface area contributed by atoms with Crippen molar-refractivity contribution >= 4 is 33.6 Å².